The van der Waals surface area contributed by atoms with Gasteiger partial charge in [0.05, 0.1) is 5.56 Å². The molecule has 1 aliphatic heterocycles. The molecule has 90 valence electrons. The molecule has 3 N–H and O–H groups in total. The van der Waals surface area contributed by atoms with Gasteiger partial charge in [-0.25, -0.2) is 0 Å². The third-order valence-electron chi connectivity index (χ3n) is 3.14. The van der Waals surface area contributed by atoms with Crippen molar-refractivity contribution < 1.29 is 0 Å². The zero-order chi connectivity index (χ0) is 12.3. The van der Waals surface area contributed by atoms with Gasteiger partial charge in [-0.05, 0) is 43.7 Å². The fourth-order valence-electron chi connectivity index (χ4n) is 2.03. The SMILES string of the molecule is CC1(CNc2ccc(N)c(C#N)c2)CCCS1. The topological polar surface area (TPSA) is 61.8 Å². The number of nitrogen functional groups attached to an aromatic ring is 1. The van der Waals surface area contributed by atoms with Crippen LogP contribution >= 0.6 is 11.8 Å². The fraction of sp³-hybridized carbons (Fsp3) is 0.462. The molecule has 3 nitrogen and oxygen atoms in total. The molecule has 0 aromatic heterocycles. The number of hydrogen-bond acceptors (Lipinski definition) is 4. The summed E-state index contributed by atoms with van der Waals surface area (Å²) in [6.07, 6.45) is 2.55. The zero-order valence-corrected chi connectivity index (χ0v) is 10.8. The predicted octanol–water partition coefficient (Wildman–Crippen LogP) is 2.84. The maximum atomic E-state index is 8.91. The fourth-order valence-corrected chi connectivity index (χ4v) is 3.27. The summed E-state index contributed by atoms with van der Waals surface area (Å²) in [6.45, 7) is 3.23. The van der Waals surface area contributed by atoms with Crippen molar-refractivity contribution in [1.29, 1.82) is 5.26 Å². The van der Waals surface area contributed by atoms with Crippen molar-refractivity contribution in [3.63, 3.8) is 0 Å². The van der Waals surface area contributed by atoms with E-state index in [1.807, 2.05) is 23.9 Å². The summed E-state index contributed by atoms with van der Waals surface area (Å²) in [6, 6.07) is 7.63. The van der Waals surface area contributed by atoms with Crippen molar-refractivity contribution in [3.05, 3.63) is 23.8 Å². The Morgan fingerprint density at radius 1 is 1.59 bits per heavy atom. The van der Waals surface area contributed by atoms with E-state index in [1.54, 1.807) is 6.07 Å². The van der Waals surface area contributed by atoms with Crippen molar-refractivity contribution >= 4 is 23.1 Å². The van der Waals surface area contributed by atoms with Crippen molar-refractivity contribution in [2.75, 3.05) is 23.3 Å². The maximum Gasteiger partial charge on any atom is 0.101 e. The minimum absolute atomic E-state index is 0.328. The lowest BCUT2D eigenvalue weighted by Crippen LogP contribution is -2.27. The van der Waals surface area contributed by atoms with Crippen LogP contribution in [0.3, 0.4) is 0 Å². The minimum atomic E-state index is 0.328. The number of benzene rings is 1. The second-order valence-corrected chi connectivity index (χ2v) is 6.35. The summed E-state index contributed by atoms with van der Waals surface area (Å²) in [5.74, 6) is 1.25. The maximum absolute atomic E-state index is 8.91. The molecule has 1 aromatic rings. The number of thioether (sulfide) groups is 1. The van der Waals surface area contributed by atoms with E-state index in [4.69, 9.17) is 11.0 Å². The second-order valence-electron chi connectivity index (χ2n) is 4.67. The van der Waals surface area contributed by atoms with Crippen molar-refractivity contribution in [2.24, 2.45) is 0 Å². The molecule has 0 aliphatic carbocycles. The molecule has 1 aromatic carbocycles. The first-order valence-corrected chi connectivity index (χ1v) is 6.79. The van der Waals surface area contributed by atoms with Crippen LogP contribution in [0.15, 0.2) is 18.2 Å². The molecule has 2 rings (SSSR count). The third kappa shape index (κ3) is 2.86. The molecule has 1 aliphatic rings. The highest BCUT2D eigenvalue weighted by molar-refractivity contribution is 8.00. The second kappa shape index (κ2) is 4.89. The molecule has 4 heteroatoms. The average molecular weight is 247 g/mol. The van der Waals surface area contributed by atoms with Crippen LogP contribution in [0.4, 0.5) is 11.4 Å². The highest BCUT2D eigenvalue weighted by Gasteiger charge is 2.28. The Labute approximate surface area is 106 Å². The lowest BCUT2D eigenvalue weighted by Gasteiger charge is -2.23. The minimum Gasteiger partial charge on any atom is -0.398 e. The van der Waals surface area contributed by atoms with Crippen LogP contribution in [-0.4, -0.2) is 17.0 Å². The number of nitriles is 1. The summed E-state index contributed by atoms with van der Waals surface area (Å²) in [7, 11) is 0. The Hall–Kier alpha value is -1.34. The third-order valence-corrected chi connectivity index (χ3v) is 4.68. The molecular formula is C13H17N3S. The number of nitrogens with one attached hydrogen (secondary N) is 1. The molecule has 1 heterocycles. The number of anilines is 2. The van der Waals surface area contributed by atoms with E-state index in [9.17, 15) is 0 Å². The standard InChI is InChI=1S/C13H17N3S/c1-13(5-2-6-17-13)9-16-11-3-4-12(15)10(7-11)8-14/h3-4,7,16H,2,5-6,9,15H2,1H3. The molecule has 0 bridgehead atoms. The Balaban J connectivity index is 2.02. The van der Waals surface area contributed by atoms with Gasteiger partial charge in [0.25, 0.3) is 0 Å². The van der Waals surface area contributed by atoms with Crippen LogP contribution in [0.25, 0.3) is 0 Å². The first-order valence-electron chi connectivity index (χ1n) is 5.80. The monoisotopic (exact) mass is 247 g/mol. The highest BCUT2D eigenvalue weighted by atomic mass is 32.2. The van der Waals surface area contributed by atoms with Gasteiger partial charge in [-0.1, -0.05) is 0 Å². The van der Waals surface area contributed by atoms with Gasteiger partial charge in [0.1, 0.15) is 6.07 Å². The van der Waals surface area contributed by atoms with Crippen molar-refractivity contribution in [1.82, 2.24) is 0 Å². The molecule has 1 saturated heterocycles. The van der Waals surface area contributed by atoms with Crippen molar-refractivity contribution in [3.8, 4) is 6.07 Å². The first-order chi connectivity index (χ1) is 8.13. The molecule has 0 saturated carbocycles. The van der Waals surface area contributed by atoms with Gasteiger partial charge in [0.2, 0.25) is 0 Å². The zero-order valence-electron chi connectivity index (χ0n) is 9.99. The van der Waals surface area contributed by atoms with E-state index < -0.39 is 0 Å². The van der Waals surface area contributed by atoms with Gasteiger partial charge >= 0.3 is 0 Å². The van der Waals surface area contributed by atoms with E-state index in [0.717, 1.165) is 12.2 Å². The Morgan fingerprint density at radius 2 is 2.41 bits per heavy atom. The number of rotatable bonds is 3. The number of hydrogen-bond donors (Lipinski definition) is 2. The van der Waals surface area contributed by atoms with E-state index in [2.05, 4.69) is 18.3 Å². The number of nitrogens with zero attached hydrogens (tertiary/aromatic N) is 1. The molecule has 17 heavy (non-hydrogen) atoms. The molecule has 0 radical (unpaired) electrons. The average Bonchev–Trinajstić information content (AvgIpc) is 2.76. The van der Waals surface area contributed by atoms with E-state index in [0.29, 0.717) is 16.0 Å². The Bertz CT molecular complexity index is 444. The van der Waals surface area contributed by atoms with Crippen LogP contribution in [0.2, 0.25) is 0 Å². The Kier molecular flexibility index (Phi) is 3.49. The van der Waals surface area contributed by atoms with Crippen LogP contribution in [0.1, 0.15) is 25.3 Å². The van der Waals surface area contributed by atoms with Gasteiger partial charge in [0.15, 0.2) is 0 Å². The van der Waals surface area contributed by atoms with E-state index >= 15 is 0 Å². The smallest absolute Gasteiger partial charge is 0.101 e. The first kappa shape index (κ1) is 12.1. The van der Waals surface area contributed by atoms with Crippen LogP contribution in [0.5, 0.6) is 0 Å². The summed E-state index contributed by atoms with van der Waals surface area (Å²) in [5, 5.41) is 12.3. The van der Waals surface area contributed by atoms with Crippen LogP contribution < -0.4 is 11.1 Å². The summed E-state index contributed by atoms with van der Waals surface area (Å²) in [5.41, 5.74) is 7.75. The van der Waals surface area contributed by atoms with Gasteiger partial charge in [-0.2, -0.15) is 17.0 Å². The molecule has 1 atom stereocenters. The summed E-state index contributed by atoms with van der Waals surface area (Å²) >= 11 is 2.02. The molecule has 1 fully saturated rings. The van der Waals surface area contributed by atoms with Gasteiger partial charge in [-0.3, -0.25) is 0 Å². The molecule has 0 amide bonds. The van der Waals surface area contributed by atoms with E-state index in [-0.39, 0.29) is 0 Å². The largest absolute Gasteiger partial charge is 0.398 e. The molecule has 1 unspecified atom stereocenters. The number of nitrogens with two attached hydrogens (primary N) is 1. The van der Waals surface area contributed by atoms with E-state index in [1.165, 1.54) is 18.6 Å². The summed E-state index contributed by atoms with van der Waals surface area (Å²) < 4.78 is 0.328. The van der Waals surface area contributed by atoms with Crippen molar-refractivity contribution in [2.45, 2.75) is 24.5 Å². The quantitative estimate of drug-likeness (QED) is 0.806. The van der Waals surface area contributed by atoms with Crippen LogP contribution in [0, 0.1) is 11.3 Å². The van der Waals surface area contributed by atoms with Crippen LogP contribution in [-0.2, 0) is 0 Å². The van der Waals surface area contributed by atoms with Gasteiger partial charge in [-0.15, -0.1) is 0 Å². The summed E-state index contributed by atoms with van der Waals surface area (Å²) in [4.78, 5) is 0. The predicted molar refractivity (Wildman–Crippen MR) is 74.2 cm³/mol. The lowest BCUT2D eigenvalue weighted by molar-refractivity contribution is 0.635. The normalized spacial score (nSPS) is 23.3. The molecular weight excluding hydrogens is 230 g/mol. The van der Waals surface area contributed by atoms with Gasteiger partial charge < -0.3 is 11.1 Å². The lowest BCUT2D eigenvalue weighted by atomic mass is 10.1. The highest BCUT2D eigenvalue weighted by Crippen LogP contribution is 2.37. The van der Waals surface area contributed by atoms with Gasteiger partial charge in [0, 0.05) is 22.7 Å². The Morgan fingerprint density at radius 3 is 3.06 bits per heavy atom. The molecule has 0 spiro atoms.